The Balaban J connectivity index is 1.60. The fraction of sp³-hybridized carbons (Fsp3) is 0.667. The molecule has 21 heavy (non-hydrogen) atoms. The van der Waals surface area contributed by atoms with E-state index < -0.39 is 0 Å². The first-order chi connectivity index (χ1) is 10.3. The van der Waals surface area contributed by atoms with Gasteiger partial charge in [0.05, 0.1) is 12.4 Å². The molecule has 2 saturated heterocycles. The second-order valence-corrected chi connectivity index (χ2v) is 5.83. The topological polar surface area (TPSA) is 61.4 Å². The summed E-state index contributed by atoms with van der Waals surface area (Å²) in [7, 11) is 1.79. The Morgan fingerprint density at radius 1 is 1.19 bits per heavy atom. The van der Waals surface area contributed by atoms with Crippen molar-refractivity contribution < 1.29 is 4.79 Å². The largest absolute Gasteiger partial charge is 0.372 e. The van der Waals surface area contributed by atoms with Gasteiger partial charge in [-0.1, -0.05) is 6.42 Å². The highest BCUT2D eigenvalue weighted by Crippen LogP contribution is 2.21. The van der Waals surface area contributed by atoms with Gasteiger partial charge in [-0.25, -0.2) is 9.97 Å². The van der Waals surface area contributed by atoms with E-state index in [-0.39, 0.29) is 5.91 Å². The summed E-state index contributed by atoms with van der Waals surface area (Å²) in [5, 5.41) is 2.91. The number of carbonyl (C=O) groups is 1. The molecule has 0 saturated carbocycles. The summed E-state index contributed by atoms with van der Waals surface area (Å²) in [5.41, 5.74) is 0.438. The number of anilines is 1. The molecule has 0 aromatic carbocycles. The highest BCUT2D eigenvalue weighted by atomic mass is 16.2. The van der Waals surface area contributed by atoms with Crippen LogP contribution in [0.3, 0.4) is 0 Å². The summed E-state index contributed by atoms with van der Waals surface area (Å²) >= 11 is 0. The smallest absolute Gasteiger partial charge is 0.274 e. The molecule has 1 atom stereocenters. The van der Waals surface area contributed by atoms with E-state index in [0.29, 0.717) is 17.6 Å². The predicted molar refractivity (Wildman–Crippen MR) is 81.3 cm³/mol. The van der Waals surface area contributed by atoms with Crippen LogP contribution in [-0.4, -0.2) is 64.9 Å². The van der Waals surface area contributed by atoms with Crippen molar-refractivity contribution in [3.8, 4) is 0 Å². The Labute approximate surface area is 125 Å². The van der Waals surface area contributed by atoms with Crippen LogP contribution < -0.4 is 5.32 Å². The Morgan fingerprint density at radius 3 is 2.67 bits per heavy atom. The predicted octanol–water partition coefficient (Wildman–Crippen LogP) is 1.22. The zero-order chi connectivity index (χ0) is 14.7. The highest BCUT2D eigenvalue weighted by molar-refractivity contribution is 5.92. The van der Waals surface area contributed by atoms with Gasteiger partial charge in [0.15, 0.2) is 0 Å². The number of nitrogens with one attached hydrogen (secondary N) is 1. The monoisotopic (exact) mass is 289 g/mol. The molecule has 1 N–H and O–H groups in total. The van der Waals surface area contributed by atoms with Crippen molar-refractivity contribution in [2.24, 2.45) is 0 Å². The lowest BCUT2D eigenvalue weighted by Gasteiger charge is -2.32. The molecule has 6 nitrogen and oxygen atoms in total. The lowest BCUT2D eigenvalue weighted by atomic mass is 10.1. The summed E-state index contributed by atoms with van der Waals surface area (Å²) in [4.78, 5) is 25.3. The van der Waals surface area contributed by atoms with E-state index in [0.717, 1.165) is 19.5 Å². The van der Waals surface area contributed by atoms with Crippen molar-refractivity contribution in [2.75, 3.05) is 38.5 Å². The molecule has 0 aliphatic carbocycles. The maximum Gasteiger partial charge on any atom is 0.274 e. The molecule has 3 rings (SSSR count). The Bertz CT molecular complexity index is 483. The van der Waals surface area contributed by atoms with Gasteiger partial charge in [-0.05, 0) is 32.4 Å². The van der Waals surface area contributed by atoms with E-state index in [1.807, 2.05) is 4.90 Å². The number of amides is 1. The maximum absolute atomic E-state index is 12.5. The first-order valence-electron chi connectivity index (χ1n) is 7.81. The van der Waals surface area contributed by atoms with Crippen LogP contribution in [0.1, 0.15) is 36.2 Å². The van der Waals surface area contributed by atoms with E-state index >= 15 is 0 Å². The summed E-state index contributed by atoms with van der Waals surface area (Å²) in [6.45, 7) is 4.02. The molecule has 1 unspecified atom stereocenters. The fourth-order valence-corrected chi connectivity index (χ4v) is 3.24. The Hall–Kier alpha value is -1.69. The molecule has 0 bridgehead atoms. The summed E-state index contributed by atoms with van der Waals surface area (Å²) in [6.07, 6.45) is 8.17. The average molecular weight is 289 g/mol. The maximum atomic E-state index is 12.5. The number of hydrogen-bond acceptors (Lipinski definition) is 5. The van der Waals surface area contributed by atoms with E-state index in [9.17, 15) is 4.79 Å². The van der Waals surface area contributed by atoms with Crippen LogP contribution in [0.2, 0.25) is 0 Å². The Kier molecular flexibility index (Phi) is 4.34. The molecule has 114 valence electrons. The molecular formula is C15H23N5O. The third-order valence-corrected chi connectivity index (χ3v) is 4.48. The number of carbonyl (C=O) groups excluding carboxylic acids is 1. The zero-order valence-corrected chi connectivity index (χ0v) is 12.6. The SMILES string of the molecule is CNc1cnc(C(=O)N2CCC(N3CCCCC3)C2)cn1. The van der Waals surface area contributed by atoms with E-state index in [1.54, 1.807) is 19.4 Å². The molecule has 1 aromatic heterocycles. The van der Waals surface area contributed by atoms with Gasteiger partial charge in [-0.15, -0.1) is 0 Å². The number of piperidine rings is 1. The summed E-state index contributed by atoms with van der Waals surface area (Å²) in [5.74, 6) is 0.684. The fourth-order valence-electron chi connectivity index (χ4n) is 3.24. The van der Waals surface area contributed by atoms with Crippen molar-refractivity contribution in [3.63, 3.8) is 0 Å². The molecular weight excluding hydrogens is 266 g/mol. The normalized spacial score (nSPS) is 23.3. The minimum Gasteiger partial charge on any atom is -0.372 e. The molecule has 1 aromatic rings. The van der Waals surface area contributed by atoms with Crippen LogP contribution in [0.4, 0.5) is 5.82 Å². The minimum atomic E-state index is 0.00432. The number of aromatic nitrogens is 2. The van der Waals surface area contributed by atoms with Gasteiger partial charge in [0.25, 0.3) is 5.91 Å². The van der Waals surface area contributed by atoms with Gasteiger partial charge in [0.1, 0.15) is 11.5 Å². The van der Waals surface area contributed by atoms with Crippen LogP contribution in [0.25, 0.3) is 0 Å². The summed E-state index contributed by atoms with van der Waals surface area (Å²) in [6, 6.07) is 0.527. The zero-order valence-electron chi connectivity index (χ0n) is 12.6. The van der Waals surface area contributed by atoms with Gasteiger partial charge < -0.3 is 10.2 Å². The van der Waals surface area contributed by atoms with Gasteiger partial charge in [-0.3, -0.25) is 9.69 Å². The van der Waals surface area contributed by atoms with Crippen molar-refractivity contribution in [3.05, 3.63) is 18.1 Å². The number of rotatable bonds is 3. The van der Waals surface area contributed by atoms with Gasteiger partial charge in [0.2, 0.25) is 0 Å². The van der Waals surface area contributed by atoms with Crippen LogP contribution in [0.5, 0.6) is 0 Å². The van der Waals surface area contributed by atoms with Crippen LogP contribution in [0.15, 0.2) is 12.4 Å². The first kappa shape index (κ1) is 14.3. The van der Waals surface area contributed by atoms with Crippen molar-refractivity contribution in [1.29, 1.82) is 0 Å². The first-order valence-corrected chi connectivity index (χ1v) is 7.81. The second kappa shape index (κ2) is 6.39. The van der Waals surface area contributed by atoms with Crippen LogP contribution >= 0.6 is 0 Å². The van der Waals surface area contributed by atoms with Crippen molar-refractivity contribution in [2.45, 2.75) is 31.7 Å². The Morgan fingerprint density at radius 2 is 2.00 bits per heavy atom. The number of nitrogens with zero attached hydrogens (tertiary/aromatic N) is 4. The standard InChI is InChI=1S/C15H23N5O/c1-16-14-10-17-13(9-18-14)15(21)20-8-5-12(11-20)19-6-3-2-4-7-19/h9-10,12H,2-8,11H2,1H3,(H,16,18). The summed E-state index contributed by atoms with van der Waals surface area (Å²) < 4.78 is 0. The number of hydrogen-bond donors (Lipinski definition) is 1. The molecule has 0 spiro atoms. The second-order valence-electron chi connectivity index (χ2n) is 5.83. The van der Waals surface area contributed by atoms with E-state index in [4.69, 9.17) is 0 Å². The molecule has 0 radical (unpaired) electrons. The van der Waals surface area contributed by atoms with Crippen LogP contribution in [0, 0.1) is 0 Å². The van der Waals surface area contributed by atoms with Crippen molar-refractivity contribution in [1.82, 2.24) is 19.8 Å². The lowest BCUT2D eigenvalue weighted by molar-refractivity contribution is 0.0765. The molecule has 6 heteroatoms. The third kappa shape index (κ3) is 3.15. The minimum absolute atomic E-state index is 0.00432. The van der Waals surface area contributed by atoms with Crippen LogP contribution in [-0.2, 0) is 0 Å². The molecule has 3 heterocycles. The van der Waals surface area contributed by atoms with E-state index in [1.165, 1.54) is 32.4 Å². The van der Waals surface area contributed by atoms with Gasteiger partial charge in [-0.2, -0.15) is 0 Å². The van der Waals surface area contributed by atoms with Gasteiger partial charge >= 0.3 is 0 Å². The van der Waals surface area contributed by atoms with Crippen molar-refractivity contribution >= 4 is 11.7 Å². The molecule has 2 aliphatic rings. The molecule has 2 fully saturated rings. The molecule has 1 amide bonds. The number of likely N-dealkylation sites (tertiary alicyclic amines) is 2. The highest BCUT2D eigenvalue weighted by Gasteiger charge is 2.31. The molecule has 2 aliphatic heterocycles. The average Bonchev–Trinajstić information content (AvgIpc) is 3.05. The van der Waals surface area contributed by atoms with E-state index in [2.05, 4.69) is 20.2 Å². The third-order valence-electron chi connectivity index (χ3n) is 4.48. The quantitative estimate of drug-likeness (QED) is 0.906. The lowest BCUT2D eigenvalue weighted by Crippen LogP contribution is -2.41. The van der Waals surface area contributed by atoms with Gasteiger partial charge in [0, 0.05) is 26.2 Å².